The minimum absolute atomic E-state index is 0.00379. The van der Waals surface area contributed by atoms with Gasteiger partial charge < -0.3 is 15.4 Å². The molecule has 0 aliphatic heterocycles. The third kappa shape index (κ3) is 6.76. The number of ether oxygens (including phenoxy) is 1. The van der Waals surface area contributed by atoms with Crippen LogP contribution in [-0.4, -0.2) is 25.0 Å². The van der Waals surface area contributed by atoms with Gasteiger partial charge in [-0.1, -0.05) is 23.2 Å². The van der Waals surface area contributed by atoms with E-state index in [1.807, 2.05) is 0 Å². The smallest absolute Gasteiger partial charge is 0.416 e. The summed E-state index contributed by atoms with van der Waals surface area (Å²) in [5.41, 5.74) is -0.600. The van der Waals surface area contributed by atoms with Crippen LogP contribution in [-0.2, 0) is 6.18 Å². The van der Waals surface area contributed by atoms with Gasteiger partial charge in [0.15, 0.2) is 5.75 Å². The highest BCUT2D eigenvalue weighted by atomic mass is 35.5. The van der Waals surface area contributed by atoms with E-state index in [-0.39, 0.29) is 27.7 Å². The van der Waals surface area contributed by atoms with Crippen LogP contribution in [0.5, 0.6) is 5.75 Å². The summed E-state index contributed by atoms with van der Waals surface area (Å²) in [4.78, 5) is 15.5. The Bertz CT molecular complexity index is 709. The lowest BCUT2D eigenvalue weighted by molar-refractivity contribution is -0.137. The van der Waals surface area contributed by atoms with Crippen LogP contribution in [0.15, 0.2) is 28.9 Å². The molecule has 0 bridgehead atoms. The molecule has 0 aliphatic carbocycles. The maximum Gasteiger partial charge on any atom is 0.416 e. The summed E-state index contributed by atoms with van der Waals surface area (Å²) < 4.78 is 43.7. The van der Waals surface area contributed by atoms with Gasteiger partial charge in [0.05, 0.1) is 15.6 Å². The summed E-state index contributed by atoms with van der Waals surface area (Å²) in [5.74, 6) is -0.173. The van der Waals surface area contributed by atoms with Gasteiger partial charge in [-0.05, 0) is 32.9 Å². The summed E-state index contributed by atoms with van der Waals surface area (Å²) in [5, 5.41) is 4.55. The first kappa shape index (κ1) is 22.1. The van der Waals surface area contributed by atoms with Gasteiger partial charge in [-0.15, -0.1) is 0 Å². The zero-order chi connectivity index (χ0) is 20.1. The molecule has 0 saturated heterocycles. The van der Waals surface area contributed by atoms with E-state index in [0.29, 0.717) is 17.8 Å². The van der Waals surface area contributed by atoms with E-state index in [1.165, 1.54) is 13.1 Å². The molecule has 0 radical (unpaired) electrons. The number of aliphatic imine (C=N–C) groups is 1. The maximum absolute atomic E-state index is 12.8. The number of nitrogens with one attached hydrogen (secondary N) is 2. The predicted octanol–water partition coefficient (Wildman–Crippen LogP) is 5.03. The fourth-order valence-electron chi connectivity index (χ4n) is 1.76. The number of carbonyl (C=O) groups excluding carboxylic acids is 1. The number of rotatable bonds is 4. The number of amides is 2. The standard InChI is InChI=1S/C16H18Cl2F3N3O2/c1-8(2)23-15(25)24-9(3)5-13(22-4)26-14-11(17)6-10(7-12(14)18)16(19,20)21/h5-8H,1-4H3,(H2,23,24,25)/b9-5-,22-13+. The van der Waals surface area contributed by atoms with E-state index in [2.05, 4.69) is 15.6 Å². The number of carbonyl (C=O) groups is 1. The molecule has 26 heavy (non-hydrogen) atoms. The zero-order valence-electron chi connectivity index (χ0n) is 14.5. The SMILES string of the molecule is C/N=C(\C=C(\C)NC(=O)NC(C)C)Oc1c(Cl)cc(C(F)(F)F)cc1Cl. The summed E-state index contributed by atoms with van der Waals surface area (Å²) in [6.45, 7) is 5.19. The van der Waals surface area contributed by atoms with Crippen LogP contribution in [0.4, 0.5) is 18.0 Å². The van der Waals surface area contributed by atoms with E-state index in [1.54, 1.807) is 20.8 Å². The fraction of sp³-hybridized carbons (Fsp3) is 0.375. The molecule has 1 aromatic carbocycles. The highest BCUT2D eigenvalue weighted by molar-refractivity contribution is 6.37. The fourth-order valence-corrected chi connectivity index (χ4v) is 2.33. The lowest BCUT2D eigenvalue weighted by atomic mass is 10.2. The second-order valence-electron chi connectivity index (χ2n) is 5.51. The van der Waals surface area contributed by atoms with Crippen LogP contribution in [0.2, 0.25) is 10.0 Å². The largest absolute Gasteiger partial charge is 0.436 e. The van der Waals surface area contributed by atoms with Crippen LogP contribution in [0.3, 0.4) is 0 Å². The van der Waals surface area contributed by atoms with E-state index < -0.39 is 17.8 Å². The molecule has 1 rings (SSSR count). The molecule has 144 valence electrons. The highest BCUT2D eigenvalue weighted by Gasteiger charge is 2.32. The molecule has 10 heteroatoms. The van der Waals surface area contributed by atoms with Crippen molar-refractivity contribution in [1.29, 1.82) is 0 Å². The monoisotopic (exact) mass is 411 g/mol. The molecule has 0 saturated carbocycles. The maximum atomic E-state index is 12.8. The summed E-state index contributed by atoms with van der Waals surface area (Å²) >= 11 is 11.7. The Hall–Kier alpha value is -1.93. The van der Waals surface area contributed by atoms with Crippen molar-refractivity contribution in [3.05, 3.63) is 39.5 Å². The third-order valence-electron chi connectivity index (χ3n) is 2.82. The number of allylic oxidation sites excluding steroid dienone is 1. The van der Waals surface area contributed by atoms with Crippen LogP contribution < -0.4 is 15.4 Å². The second-order valence-corrected chi connectivity index (χ2v) is 6.33. The quantitative estimate of drug-likeness (QED) is 0.538. The van der Waals surface area contributed by atoms with Gasteiger partial charge in [0, 0.05) is 24.9 Å². The molecule has 2 amide bonds. The average molecular weight is 412 g/mol. The summed E-state index contributed by atoms with van der Waals surface area (Å²) in [6, 6.07) is 0.944. The normalized spacial score (nSPS) is 13.0. The van der Waals surface area contributed by atoms with Gasteiger partial charge in [-0.2, -0.15) is 13.2 Å². The van der Waals surface area contributed by atoms with E-state index in [0.717, 1.165) is 0 Å². The number of halogens is 5. The lowest BCUT2D eigenvalue weighted by Gasteiger charge is -2.14. The predicted molar refractivity (Wildman–Crippen MR) is 96.0 cm³/mol. The van der Waals surface area contributed by atoms with Crippen LogP contribution in [0, 0.1) is 0 Å². The Morgan fingerprint density at radius 1 is 1.27 bits per heavy atom. The molecule has 5 nitrogen and oxygen atoms in total. The molecular formula is C16H18Cl2F3N3O2. The van der Waals surface area contributed by atoms with Crippen molar-refractivity contribution in [2.24, 2.45) is 4.99 Å². The molecular weight excluding hydrogens is 394 g/mol. The van der Waals surface area contributed by atoms with E-state index in [4.69, 9.17) is 27.9 Å². The Morgan fingerprint density at radius 2 is 1.81 bits per heavy atom. The second kappa shape index (κ2) is 9.14. The van der Waals surface area contributed by atoms with Crippen molar-refractivity contribution < 1.29 is 22.7 Å². The van der Waals surface area contributed by atoms with E-state index in [9.17, 15) is 18.0 Å². The van der Waals surface area contributed by atoms with Gasteiger partial charge >= 0.3 is 12.2 Å². The highest BCUT2D eigenvalue weighted by Crippen LogP contribution is 2.40. The summed E-state index contributed by atoms with van der Waals surface area (Å²) in [6.07, 6.45) is -3.21. The van der Waals surface area contributed by atoms with Crippen molar-refractivity contribution in [2.75, 3.05) is 7.05 Å². The molecule has 0 spiro atoms. The molecule has 0 heterocycles. The Kier molecular flexibility index (Phi) is 7.77. The Morgan fingerprint density at radius 3 is 2.23 bits per heavy atom. The molecule has 0 fully saturated rings. The molecule has 0 atom stereocenters. The number of urea groups is 1. The number of nitrogens with zero attached hydrogens (tertiary/aromatic N) is 1. The Balaban J connectivity index is 2.99. The number of alkyl halides is 3. The van der Waals surface area contributed by atoms with Gasteiger partial charge in [-0.25, -0.2) is 4.79 Å². The minimum Gasteiger partial charge on any atom is -0.436 e. The minimum atomic E-state index is -4.59. The first-order valence-corrected chi connectivity index (χ1v) is 8.16. The van der Waals surface area contributed by atoms with Crippen LogP contribution >= 0.6 is 23.2 Å². The Labute approximate surface area is 159 Å². The first-order chi connectivity index (χ1) is 11.9. The first-order valence-electron chi connectivity index (χ1n) is 7.40. The van der Waals surface area contributed by atoms with Crippen molar-refractivity contribution in [3.63, 3.8) is 0 Å². The molecule has 0 unspecified atom stereocenters. The lowest BCUT2D eigenvalue weighted by Crippen LogP contribution is -2.38. The zero-order valence-corrected chi connectivity index (χ0v) is 16.0. The summed E-state index contributed by atoms with van der Waals surface area (Å²) in [7, 11) is 1.40. The van der Waals surface area contributed by atoms with E-state index >= 15 is 0 Å². The van der Waals surface area contributed by atoms with Gasteiger partial charge in [-0.3, -0.25) is 4.99 Å². The topological polar surface area (TPSA) is 62.7 Å². The van der Waals surface area contributed by atoms with Gasteiger partial charge in [0.2, 0.25) is 5.90 Å². The number of hydrogen-bond donors (Lipinski definition) is 2. The average Bonchev–Trinajstić information content (AvgIpc) is 2.47. The van der Waals surface area contributed by atoms with Crippen LogP contribution in [0.25, 0.3) is 0 Å². The third-order valence-corrected chi connectivity index (χ3v) is 3.38. The van der Waals surface area contributed by atoms with Crippen molar-refractivity contribution in [3.8, 4) is 5.75 Å². The van der Waals surface area contributed by atoms with Crippen LogP contribution in [0.1, 0.15) is 26.3 Å². The van der Waals surface area contributed by atoms with Crippen molar-refractivity contribution in [1.82, 2.24) is 10.6 Å². The number of benzene rings is 1. The van der Waals surface area contributed by atoms with Gasteiger partial charge in [0.25, 0.3) is 0 Å². The molecule has 2 N–H and O–H groups in total. The molecule has 0 aromatic heterocycles. The van der Waals surface area contributed by atoms with Crippen molar-refractivity contribution >= 4 is 35.1 Å². The van der Waals surface area contributed by atoms with Crippen molar-refractivity contribution in [2.45, 2.75) is 33.0 Å². The molecule has 0 aliphatic rings. The molecule has 1 aromatic rings. The number of hydrogen-bond acceptors (Lipinski definition) is 3. The van der Waals surface area contributed by atoms with Gasteiger partial charge in [0.1, 0.15) is 0 Å².